The van der Waals surface area contributed by atoms with Crippen LogP contribution in [0.4, 0.5) is 4.79 Å². The van der Waals surface area contributed by atoms with Crippen molar-refractivity contribution in [2.45, 2.75) is 50.2 Å². The molecule has 7 nitrogen and oxygen atoms in total. The van der Waals surface area contributed by atoms with Gasteiger partial charge < -0.3 is 5.32 Å². The molecule has 0 aliphatic heterocycles. The van der Waals surface area contributed by atoms with Crippen molar-refractivity contribution in [1.82, 2.24) is 25.4 Å². The molecule has 1 saturated carbocycles. The lowest BCUT2D eigenvalue weighted by molar-refractivity contribution is -0.117. The summed E-state index contributed by atoms with van der Waals surface area (Å²) in [5.41, 5.74) is 1.79. The van der Waals surface area contributed by atoms with Gasteiger partial charge in [0.25, 0.3) is 0 Å². The highest BCUT2D eigenvalue weighted by Gasteiger charge is 2.17. The molecular weight excluding hydrogens is 386 g/mol. The minimum atomic E-state index is -0.431. The molecule has 1 aliphatic carbocycles. The third kappa shape index (κ3) is 5.46. The van der Waals surface area contributed by atoms with E-state index in [0.717, 1.165) is 36.9 Å². The van der Waals surface area contributed by atoms with E-state index in [1.54, 1.807) is 10.9 Å². The molecule has 144 valence electrons. The van der Waals surface area contributed by atoms with Crippen LogP contribution in [0.3, 0.4) is 0 Å². The van der Waals surface area contributed by atoms with Crippen LogP contribution in [0, 0.1) is 6.92 Å². The molecule has 0 radical (unpaired) electrons. The van der Waals surface area contributed by atoms with Crippen molar-refractivity contribution in [2.24, 2.45) is 0 Å². The predicted molar refractivity (Wildman–Crippen MR) is 105 cm³/mol. The fraction of sp³-hybridized carbons (Fsp3) is 0.444. The molecule has 1 aromatic carbocycles. The van der Waals surface area contributed by atoms with Gasteiger partial charge >= 0.3 is 6.03 Å². The van der Waals surface area contributed by atoms with Gasteiger partial charge in [-0.25, -0.2) is 4.79 Å². The Morgan fingerprint density at radius 2 is 2.07 bits per heavy atom. The fourth-order valence-corrected chi connectivity index (χ4v) is 3.90. The van der Waals surface area contributed by atoms with Gasteiger partial charge in [-0.15, -0.1) is 10.2 Å². The Bertz CT molecular complexity index is 820. The molecular formula is C18H22ClN5O2S. The number of hydrogen-bond donors (Lipinski definition) is 2. The number of halogens is 1. The van der Waals surface area contributed by atoms with Gasteiger partial charge in [-0.1, -0.05) is 48.7 Å². The number of aromatic nitrogens is 3. The van der Waals surface area contributed by atoms with Crippen LogP contribution in [0.25, 0.3) is 5.69 Å². The van der Waals surface area contributed by atoms with E-state index in [1.165, 1.54) is 18.2 Å². The largest absolute Gasteiger partial charge is 0.335 e. The first-order valence-electron chi connectivity index (χ1n) is 8.92. The second-order valence-electron chi connectivity index (χ2n) is 6.56. The first-order chi connectivity index (χ1) is 13.0. The summed E-state index contributed by atoms with van der Waals surface area (Å²) in [7, 11) is 0. The van der Waals surface area contributed by atoms with Crippen molar-refractivity contribution < 1.29 is 9.59 Å². The number of hydrogen-bond acceptors (Lipinski definition) is 5. The summed E-state index contributed by atoms with van der Waals surface area (Å²) < 4.78 is 1.76. The van der Waals surface area contributed by atoms with E-state index >= 15 is 0 Å². The summed E-state index contributed by atoms with van der Waals surface area (Å²) in [6.07, 6.45) is 6.96. The van der Waals surface area contributed by atoms with Crippen LogP contribution in [0.1, 0.15) is 37.7 Å². The maximum absolute atomic E-state index is 12.1. The summed E-state index contributed by atoms with van der Waals surface area (Å²) in [6.45, 7) is 1.93. The second kappa shape index (κ2) is 9.23. The highest BCUT2D eigenvalue weighted by Crippen LogP contribution is 2.23. The van der Waals surface area contributed by atoms with Gasteiger partial charge in [0.2, 0.25) is 5.91 Å². The molecule has 0 bridgehead atoms. The fourth-order valence-electron chi connectivity index (χ4n) is 2.99. The predicted octanol–water partition coefficient (Wildman–Crippen LogP) is 3.48. The van der Waals surface area contributed by atoms with Gasteiger partial charge in [-0.05, 0) is 37.5 Å². The van der Waals surface area contributed by atoms with Crippen molar-refractivity contribution in [3.63, 3.8) is 0 Å². The summed E-state index contributed by atoms with van der Waals surface area (Å²) in [6, 6.07) is 5.37. The molecule has 0 atom stereocenters. The van der Waals surface area contributed by atoms with Crippen LogP contribution < -0.4 is 10.6 Å². The Morgan fingerprint density at radius 1 is 1.30 bits per heavy atom. The van der Waals surface area contributed by atoms with Gasteiger partial charge in [-0.3, -0.25) is 14.7 Å². The van der Waals surface area contributed by atoms with Gasteiger partial charge in [0.05, 0.1) is 11.4 Å². The molecule has 1 aliphatic rings. The standard InChI is InChI=1S/C18H22ClN5O2S/c1-12-7-8-14(9-15(12)19)24-11-20-23-18(24)27-10-16(25)22-17(26)21-13-5-3-2-4-6-13/h7-9,11,13H,2-6,10H2,1H3,(H2,21,22,25,26). The molecule has 1 fully saturated rings. The van der Waals surface area contributed by atoms with Crippen molar-refractivity contribution in [3.8, 4) is 5.69 Å². The van der Waals surface area contributed by atoms with Gasteiger partial charge in [0, 0.05) is 11.1 Å². The van der Waals surface area contributed by atoms with E-state index in [9.17, 15) is 9.59 Å². The first-order valence-corrected chi connectivity index (χ1v) is 10.3. The van der Waals surface area contributed by atoms with Crippen molar-refractivity contribution in [1.29, 1.82) is 0 Å². The van der Waals surface area contributed by atoms with E-state index < -0.39 is 6.03 Å². The lowest BCUT2D eigenvalue weighted by atomic mass is 9.96. The number of rotatable bonds is 5. The number of carbonyl (C=O) groups is 2. The molecule has 1 heterocycles. The zero-order valence-electron chi connectivity index (χ0n) is 15.1. The zero-order valence-corrected chi connectivity index (χ0v) is 16.6. The number of urea groups is 1. The highest BCUT2D eigenvalue weighted by molar-refractivity contribution is 7.99. The average Bonchev–Trinajstić information content (AvgIpc) is 3.11. The molecule has 0 saturated heterocycles. The van der Waals surface area contributed by atoms with Gasteiger partial charge in [-0.2, -0.15) is 0 Å². The van der Waals surface area contributed by atoms with Gasteiger partial charge in [0.1, 0.15) is 6.33 Å². The minimum absolute atomic E-state index is 0.0658. The molecule has 2 aromatic rings. The Kier molecular flexibility index (Phi) is 6.73. The number of amides is 3. The van der Waals surface area contributed by atoms with E-state index in [2.05, 4.69) is 20.8 Å². The first kappa shape index (κ1) is 19.7. The lowest BCUT2D eigenvalue weighted by Gasteiger charge is -2.22. The number of aryl methyl sites for hydroxylation is 1. The van der Waals surface area contributed by atoms with E-state index in [4.69, 9.17) is 11.6 Å². The number of thioether (sulfide) groups is 1. The van der Waals surface area contributed by atoms with Crippen LogP contribution in [0.2, 0.25) is 5.02 Å². The summed E-state index contributed by atoms with van der Waals surface area (Å²) >= 11 is 7.39. The number of benzene rings is 1. The van der Waals surface area contributed by atoms with Crippen molar-refractivity contribution >= 4 is 35.3 Å². The number of nitrogens with one attached hydrogen (secondary N) is 2. The molecule has 9 heteroatoms. The average molecular weight is 408 g/mol. The Labute approximate surface area is 167 Å². The Hall–Kier alpha value is -2.06. The van der Waals surface area contributed by atoms with E-state index in [0.29, 0.717) is 10.2 Å². The van der Waals surface area contributed by atoms with E-state index in [1.807, 2.05) is 25.1 Å². The molecule has 0 unspecified atom stereocenters. The number of imide groups is 1. The minimum Gasteiger partial charge on any atom is -0.335 e. The second-order valence-corrected chi connectivity index (χ2v) is 7.91. The molecule has 2 N–H and O–H groups in total. The normalized spacial score (nSPS) is 14.7. The molecule has 3 amide bonds. The zero-order chi connectivity index (χ0) is 19.2. The third-order valence-electron chi connectivity index (χ3n) is 4.48. The van der Waals surface area contributed by atoms with Crippen LogP contribution in [0.5, 0.6) is 0 Å². The monoisotopic (exact) mass is 407 g/mol. The Morgan fingerprint density at radius 3 is 2.81 bits per heavy atom. The van der Waals surface area contributed by atoms with Crippen molar-refractivity contribution in [2.75, 3.05) is 5.75 Å². The lowest BCUT2D eigenvalue weighted by Crippen LogP contribution is -2.45. The SMILES string of the molecule is Cc1ccc(-n2cnnc2SCC(=O)NC(=O)NC2CCCCC2)cc1Cl. The van der Waals surface area contributed by atoms with Crippen molar-refractivity contribution in [3.05, 3.63) is 35.1 Å². The maximum atomic E-state index is 12.1. The molecule has 3 rings (SSSR count). The van der Waals surface area contributed by atoms with Crippen LogP contribution >= 0.6 is 23.4 Å². The highest BCUT2D eigenvalue weighted by atomic mass is 35.5. The van der Waals surface area contributed by atoms with Crippen LogP contribution in [-0.2, 0) is 4.79 Å². The summed E-state index contributed by atoms with van der Waals surface area (Å²) in [5, 5.41) is 14.4. The topological polar surface area (TPSA) is 88.9 Å². The smallest absolute Gasteiger partial charge is 0.321 e. The summed E-state index contributed by atoms with van der Waals surface area (Å²) in [4.78, 5) is 24.0. The van der Waals surface area contributed by atoms with Gasteiger partial charge in [0.15, 0.2) is 5.16 Å². The molecule has 27 heavy (non-hydrogen) atoms. The quantitative estimate of drug-likeness (QED) is 0.740. The van der Waals surface area contributed by atoms with E-state index in [-0.39, 0.29) is 17.7 Å². The summed E-state index contributed by atoms with van der Waals surface area (Å²) in [5.74, 6) is -0.305. The number of carbonyl (C=O) groups excluding carboxylic acids is 2. The molecule has 1 aromatic heterocycles. The van der Waals surface area contributed by atoms with Crippen LogP contribution in [-0.4, -0.2) is 38.5 Å². The Balaban J connectivity index is 1.52. The molecule has 0 spiro atoms. The maximum Gasteiger partial charge on any atom is 0.321 e. The third-order valence-corrected chi connectivity index (χ3v) is 5.83. The number of nitrogens with zero attached hydrogens (tertiary/aromatic N) is 3. The van der Waals surface area contributed by atoms with Crippen LogP contribution in [0.15, 0.2) is 29.7 Å².